The SMILES string of the molecule is CC12NC(=O)N(N=O)C1(C)NC(=O)N2N=O. The highest BCUT2D eigenvalue weighted by Gasteiger charge is 2.70. The van der Waals surface area contributed by atoms with E-state index in [1.54, 1.807) is 0 Å². The van der Waals surface area contributed by atoms with E-state index in [1.165, 1.54) is 13.8 Å². The van der Waals surface area contributed by atoms with Gasteiger partial charge in [-0.1, -0.05) is 0 Å². The van der Waals surface area contributed by atoms with E-state index >= 15 is 0 Å². The third kappa shape index (κ3) is 0.816. The van der Waals surface area contributed by atoms with E-state index in [-0.39, 0.29) is 0 Å². The number of fused-ring (bicyclic) bond motifs is 1. The van der Waals surface area contributed by atoms with Crippen LogP contribution in [0.5, 0.6) is 0 Å². The molecule has 10 heteroatoms. The average Bonchev–Trinajstić information content (AvgIpc) is 2.46. The van der Waals surface area contributed by atoms with Gasteiger partial charge in [-0.25, -0.2) is 9.59 Å². The second-order valence-electron chi connectivity index (χ2n) is 3.79. The van der Waals surface area contributed by atoms with Crippen LogP contribution in [0.15, 0.2) is 10.6 Å². The quantitative estimate of drug-likeness (QED) is 0.636. The molecule has 0 aromatic carbocycles. The molecule has 2 saturated heterocycles. The minimum absolute atomic E-state index is 0.524. The van der Waals surface area contributed by atoms with Crippen molar-refractivity contribution < 1.29 is 9.59 Å². The molecule has 2 rings (SSSR count). The first-order chi connectivity index (χ1) is 7.40. The molecule has 0 saturated carbocycles. The zero-order valence-electron chi connectivity index (χ0n) is 8.42. The molecule has 0 aliphatic carbocycles. The summed E-state index contributed by atoms with van der Waals surface area (Å²) in [5.41, 5.74) is -2.90. The lowest BCUT2D eigenvalue weighted by Crippen LogP contribution is -2.61. The molecule has 2 atom stereocenters. The van der Waals surface area contributed by atoms with Gasteiger partial charge in [0, 0.05) is 0 Å². The lowest BCUT2D eigenvalue weighted by atomic mass is 10.00. The molecule has 10 nitrogen and oxygen atoms in total. The van der Waals surface area contributed by atoms with Crippen LogP contribution in [-0.2, 0) is 0 Å². The molecule has 2 aliphatic rings. The average molecular weight is 228 g/mol. The second-order valence-corrected chi connectivity index (χ2v) is 3.79. The maximum atomic E-state index is 11.4. The fraction of sp³-hybridized carbons (Fsp3) is 0.667. The molecular weight excluding hydrogens is 220 g/mol. The second kappa shape index (κ2) is 2.65. The Labute approximate surface area is 88.8 Å². The molecule has 2 fully saturated rings. The molecule has 0 spiro atoms. The molecule has 2 unspecified atom stereocenters. The van der Waals surface area contributed by atoms with Crippen LogP contribution < -0.4 is 10.6 Å². The monoisotopic (exact) mass is 228 g/mol. The fourth-order valence-electron chi connectivity index (χ4n) is 1.93. The zero-order valence-corrected chi connectivity index (χ0v) is 8.42. The highest BCUT2D eigenvalue weighted by Crippen LogP contribution is 2.40. The number of carbonyl (C=O) groups excluding carboxylic acids is 2. The predicted molar refractivity (Wildman–Crippen MR) is 49.1 cm³/mol. The van der Waals surface area contributed by atoms with E-state index in [0.29, 0.717) is 10.0 Å². The standard InChI is InChI=1S/C6H8N6O4/c1-5-6(2,8-4(14)11(5)9-15)12(10-16)3(13)7-5/h1-2H3,(H,7,13)(H,8,14). The maximum Gasteiger partial charge on any atom is 0.344 e. The minimum Gasteiger partial charge on any atom is -0.308 e. The smallest absolute Gasteiger partial charge is 0.308 e. The number of nitrogens with zero attached hydrogens (tertiary/aromatic N) is 4. The third-order valence-corrected chi connectivity index (χ3v) is 3.04. The Hall–Kier alpha value is -2.26. The number of nitrogens with one attached hydrogen (secondary N) is 2. The van der Waals surface area contributed by atoms with Gasteiger partial charge in [0.25, 0.3) is 0 Å². The number of hydrogen-bond donors (Lipinski definition) is 2. The van der Waals surface area contributed by atoms with Gasteiger partial charge in [0.15, 0.2) is 11.3 Å². The maximum absolute atomic E-state index is 11.4. The Balaban J connectivity index is 2.55. The molecule has 0 aromatic rings. The number of nitroso groups, excluding NO2 is 2. The van der Waals surface area contributed by atoms with E-state index in [4.69, 9.17) is 0 Å². The van der Waals surface area contributed by atoms with E-state index < -0.39 is 23.4 Å². The molecule has 2 heterocycles. The lowest BCUT2D eigenvalue weighted by molar-refractivity contribution is 0.0612. The number of urea groups is 2. The summed E-state index contributed by atoms with van der Waals surface area (Å²) < 4.78 is 0. The van der Waals surface area contributed by atoms with Gasteiger partial charge in [0.05, 0.1) is 10.6 Å². The molecule has 0 radical (unpaired) electrons. The summed E-state index contributed by atoms with van der Waals surface area (Å²) in [7, 11) is 0. The summed E-state index contributed by atoms with van der Waals surface area (Å²) in [4.78, 5) is 43.9. The molecule has 0 bridgehead atoms. The van der Waals surface area contributed by atoms with Gasteiger partial charge in [-0.2, -0.15) is 0 Å². The van der Waals surface area contributed by atoms with Gasteiger partial charge < -0.3 is 10.6 Å². The molecule has 0 aromatic heterocycles. The normalized spacial score (nSPS) is 36.9. The zero-order chi connectivity index (χ0) is 12.1. The van der Waals surface area contributed by atoms with Crippen molar-refractivity contribution in [1.82, 2.24) is 20.7 Å². The highest BCUT2D eigenvalue weighted by atomic mass is 16.3. The van der Waals surface area contributed by atoms with Crippen molar-refractivity contribution in [3.05, 3.63) is 9.81 Å². The Morgan fingerprint density at radius 1 is 0.938 bits per heavy atom. The van der Waals surface area contributed by atoms with Gasteiger partial charge in [-0.15, -0.1) is 19.8 Å². The Morgan fingerprint density at radius 3 is 1.50 bits per heavy atom. The summed E-state index contributed by atoms with van der Waals surface area (Å²) in [6.07, 6.45) is 0. The van der Waals surface area contributed by atoms with Crippen molar-refractivity contribution in [2.45, 2.75) is 25.2 Å². The summed E-state index contributed by atoms with van der Waals surface area (Å²) in [6.45, 7) is 2.77. The van der Waals surface area contributed by atoms with Crippen molar-refractivity contribution in [3.63, 3.8) is 0 Å². The first-order valence-corrected chi connectivity index (χ1v) is 4.32. The van der Waals surface area contributed by atoms with Crippen LogP contribution in [0.3, 0.4) is 0 Å². The predicted octanol–water partition coefficient (Wildman–Crippen LogP) is -0.168. The number of amides is 4. The number of rotatable bonds is 2. The van der Waals surface area contributed by atoms with E-state index in [0.717, 1.165) is 0 Å². The van der Waals surface area contributed by atoms with Crippen LogP contribution >= 0.6 is 0 Å². The van der Waals surface area contributed by atoms with E-state index in [9.17, 15) is 19.4 Å². The summed E-state index contributed by atoms with van der Waals surface area (Å²) in [5, 5.41) is 10.7. The van der Waals surface area contributed by atoms with Crippen molar-refractivity contribution in [1.29, 1.82) is 0 Å². The van der Waals surface area contributed by atoms with Gasteiger partial charge in [0.2, 0.25) is 0 Å². The molecule has 2 aliphatic heterocycles. The number of carbonyl (C=O) groups is 2. The minimum atomic E-state index is -1.45. The molecule has 16 heavy (non-hydrogen) atoms. The molecule has 2 N–H and O–H groups in total. The first-order valence-electron chi connectivity index (χ1n) is 4.32. The molecular formula is C6H8N6O4. The third-order valence-electron chi connectivity index (χ3n) is 3.04. The Bertz CT molecular complexity index is 374. The van der Waals surface area contributed by atoms with Crippen LogP contribution in [0.2, 0.25) is 0 Å². The van der Waals surface area contributed by atoms with Gasteiger partial charge in [-0.3, -0.25) is 0 Å². The number of hydrogen-bond acceptors (Lipinski definition) is 6. The van der Waals surface area contributed by atoms with Crippen LogP contribution in [0.4, 0.5) is 9.59 Å². The Kier molecular flexibility index (Phi) is 1.70. The van der Waals surface area contributed by atoms with Crippen LogP contribution in [0.25, 0.3) is 0 Å². The van der Waals surface area contributed by atoms with Crippen molar-refractivity contribution in [3.8, 4) is 0 Å². The van der Waals surface area contributed by atoms with E-state index in [1.807, 2.05) is 0 Å². The largest absolute Gasteiger partial charge is 0.344 e. The van der Waals surface area contributed by atoms with E-state index in [2.05, 4.69) is 21.2 Å². The Morgan fingerprint density at radius 2 is 1.25 bits per heavy atom. The fourth-order valence-corrected chi connectivity index (χ4v) is 1.93. The lowest BCUT2D eigenvalue weighted by Gasteiger charge is -2.33. The summed E-state index contributed by atoms with van der Waals surface area (Å²) >= 11 is 0. The van der Waals surface area contributed by atoms with Gasteiger partial charge >= 0.3 is 12.1 Å². The topological polar surface area (TPSA) is 124 Å². The van der Waals surface area contributed by atoms with Crippen molar-refractivity contribution >= 4 is 12.1 Å². The van der Waals surface area contributed by atoms with Gasteiger partial charge in [0.1, 0.15) is 0 Å². The highest BCUT2D eigenvalue weighted by molar-refractivity contribution is 5.87. The first kappa shape index (κ1) is 10.3. The van der Waals surface area contributed by atoms with Crippen molar-refractivity contribution in [2.24, 2.45) is 10.6 Å². The van der Waals surface area contributed by atoms with Crippen LogP contribution in [0, 0.1) is 9.81 Å². The summed E-state index contributed by atoms with van der Waals surface area (Å²) in [5.74, 6) is 0. The van der Waals surface area contributed by atoms with Crippen LogP contribution in [-0.4, -0.2) is 33.4 Å². The molecule has 4 amide bonds. The summed E-state index contributed by atoms with van der Waals surface area (Å²) in [6, 6.07) is -1.62. The van der Waals surface area contributed by atoms with Gasteiger partial charge in [-0.05, 0) is 13.8 Å². The molecule has 86 valence electrons. The van der Waals surface area contributed by atoms with Crippen LogP contribution in [0.1, 0.15) is 13.8 Å². The van der Waals surface area contributed by atoms with Crippen molar-refractivity contribution in [2.75, 3.05) is 0 Å².